The van der Waals surface area contributed by atoms with E-state index in [1.165, 1.54) is 5.56 Å². The molecule has 3 aromatic rings. The van der Waals surface area contributed by atoms with Gasteiger partial charge in [0.1, 0.15) is 17.3 Å². The number of likely N-dealkylation sites (tertiary alicyclic amines) is 1. The summed E-state index contributed by atoms with van der Waals surface area (Å²) in [4.78, 5) is 38.9. The predicted molar refractivity (Wildman–Crippen MR) is 124 cm³/mol. The summed E-state index contributed by atoms with van der Waals surface area (Å²) in [6.07, 6.45) is 5.37. The molecule has 4 heterocycles. The number of aryl methyl sites for hydroxylation is 2. The van der Waals surface area contributed by atoms with E-state index in [4.69, 9.17) is 9.97 Å². The number of aromatic amines is 1. The quantitative estimate of drug-likeness (QED) is 0.631. The summed E-state index contributed by atoms with van der Waals surface area (Å²) in [5.74, 6) is 1.63. The van der Waals surface area contributed by atoms with Crippen LogP contribution in [0, 0.1) is 6.92 Å². The van der Waals surface area contributed by atoms with E-state index >= 15 is 0 Å². The molecule has 5 rings (SSSR count). The van der Waals surface area contributed by atoms with Crippen LogP contribution in [0.2, 0.25) is 0 Å². The average Bonchev–Trinajstić information content (AvgIpc) is 3.53. The molecule has 2 aromatic heterocycles. The van der Waals surface area contributed by atoms with Crippen molar-refractivity contribution in [3.63, 3.8) is 0 Å². The van der Waals surface area contributed by atoms with Crippen LogP contribution in [0.1, 0.15) is 58.3 Å². The normalized spacial score (nSPS) is 18.0. The maximum absolute atomic E-state index is 12.8. The number of H-pyrrole nitrogens is 1. The smallest absolute Gasteiger partial charge is 0.271 e. The van der Waals surface area contributed by atoms with Gasteiger partial charge in [0.25, 0.3) is 5.91 Å². The van der Waals surface area contributed by atoms with Crippen LogP contribution in [0.4, 0.5) is 5.82 Å². The van der Waals surface area contributed by atoms with E-state index in [0.29, 0.717) is 38.2 Å². The van der Waals surface area contributed by atoms with Gasteiger partial charge < -0.3 is 4.90 Å². The molecule has 2 aliphatic rings. The van der Waals surface area contributed by atoms with Crippen LogP contribution in [-0.4, -0.2) is 56.5 Å². The molecule has 0 radical (unpaired) electrons. The average molecular weight is 445 g/mol. The Bertz CT molecular complexity index is 1150. The van der Waals surface area contributed by atoms with E-state index in [-0.39, 0.29) is 17.7 Å². The molecule has 0 bridgehead atoms. The van der Waals surface area contributed by atoms with Crippen molar-refractivity contribution < 1.29 is 9.59 Å². The third-order valence-electron chi connectivity index (χ3n) is 6.62. The summed E-state index contributed by atoms with van der Waals surface area (Å²) >= 11 is 0. The van der Waals surface area contributed by atoms with Crippen molar-refractivity contribution in [1.29, 1.82) is 0 Å². The number of hydrogen-bond donors (Lipinski definition) is 1. The largest absolute Gasteiger partial charge is 0.337 e. The van der Waals surface area contributed by atoms with Gasteiger partial charge in [-0.1, -0.05) is 30.3 Å². The van der Waals surface area contributed by atoms with Crippen LogP contribution in [0.3, 0.4) is 0 Å². The van der Waals surface area contributed by atoms with E-state index in [1.54, 1.807) is 12.3 Å². The molecule has 2 amide bonds. The Morgan fingerprint density at radius 3 is 2.79 bits per heavy atom. The third-order valence-corrected chi connectivity index (χ3v) is 6.62. The number of carbonyl (C=O) groups excluding carboxylic acids is 2. The summed E-state index contributed by atoms with van der Waals surface area (Å²) in [6.45, 7) is 3.87. The van der Waals surface area contributed by atoms with Crippen LogP contribution in [-0.2, 0) is 17.6 Å². The van der Waals surface area contributed by atoms with E-state index < -0.39 is 0 Å². The fourth-order valence-electron chi connectivity index (χ4n) is 4.80. The van der Waals surface area contributed by atoms with Gasteiger partial charge in [0.2, 0.25) is 5.91 Å². The minimum Gasteiger partial charge on any atom is -0.337 e. The summed E-state index contributed by atoms with van der Waals surface area (Å²) in [6, 6.07) is 12.0. The lowest BCUT2D eigenvalue weighted by Crippen LogP contribution is -2.38. The molecule has 8 nitrogen and oxygen atoms in total. The highest BCUT2D eigenvalue weighted by Crippen LogP contribution is 2.32. The van der Waals surface area contributed by atoms with Gasteiger partial charge in [0.15, 0.2) is 0 Å². The van der Waals surface area contributed by atoms with Crippen molar-refractivity contribution in [3.8, 4) is 0 Å². The molecule has 8 heteroatoms. The van der Waals surface area contributed by atoms with Crippen molar-refractivity contribution >= 4 is 17.6 Å². The molecule has 1 N–H and O–H groups in total. The Balaban J connectivity index is 1.33. The number of rotatable bonds is 6. The SMILES string of the molecule is Cc1nc(C2CCN(C(=O)c3ccn[nH]3)C2)nc2c1CCC(=O)N2CCCc1ccccc1. The van der Waals surface area contributed by atoms with Crippen molar-refractivity contribution in [2.24, 2.45) is 0 Å². The minimum absolute atomic E-state index is 0.0533. The zero-order valence-corrected chi connectivity index (χ0v) is 18.8. The van der Waals surface area contributed by atoms with Gasteiger partial charge in [0, 0.05) is 49.4 Å². The standard InChI is InChI=1S/C25H28N6O2/c1-17-20-9-10-22(32)31(14-5-8-18-6-3-2-4-7-18)24(20)28-23(27-17)19-12-15-30(16-19)25(33)21-11-13-26-29-21/h2-4,6-7,11,13,19H,5,8-10,12,14-16H2,1H3,(H,26,29). The number of hydrogen-bond acceptors (Lipinski definition) is 5. The first kappa shape index (κ1) is 21.3. The Morgan fingerprint density at radius 2 is 2.00 bits per heavy atom. The van der Waals surface area contributed by atoms with E-state index in [0.717, 1.165) is 42.2 Å². The lowest BCUT2D eigenvalue weighted by atomic mass is 10.0. The molecular formula is C25H28N6O2. The molecule has 1 fully saturated rings. The van der Waals surface area contributed by atoms with Crippen molar-refractivity contribution in [2.45, 2.75) is 44.9 Å². The van der Waals surface area contributed by atoms with Gasteiger partial charge in [0.05, 0.1) is 0 Å². The van der Waals surface area contributed by atoms with Crippen molar-refractivity contribution in [1.82, 2.24) is 25.1 Å². The maximum atomic E-state index is 12.8. The minimum atomic E-state index is -0.0533. The third kappa shape index (κ3) is 4.37. The molecule has 33 heavy (non-hydrogen) atoms. The molecule has 0 saturated carbocycles. The summed E-state index contributed by atoms with van der Waals surface area (Å²) in [7, 11) is 0. The topological polar surface area (TPSA) is 95.1 Å². The van der Waals surface area contributed by atoms with Crippen molar-refractivity contribution in [2.75, 3.05) is 24.5 Å². The van der Waals surface area contributed by atoms with Gasteiger partial charge in [-0.3, -0.25) is 19.6 Å². The summed E-state index contributed by atoms with van der Waals surface area (Å²) in [5, 5.41) is 6.62. The van der Waals surface area contributed by atoms with E-state index in [2.05, 4.69) is 22.3 Å². The molecule has 170 valence electrons. The summed E-state index contributed by atoms with van der Waals surface area (Å²) < 4.78 is 0. The van der Waals surface area contributed by atoms with E-state index in [1.807, 2.05) is 34.9 Å². The number of nitrogens with one attached hydrogen (secondary N) is 1. The molecule has 1 saturated heterocycles. The number of fused-ring (bicyclic) bond motifs is 1. The fourth-order valence-corrected chi connectivity index (χ4v) is 4.80. The van der Waals surface area contributed by atoms with Gasteiger partial charge in [-0.2, -0.15) is 5.10 Å². The zero-order valence-electron chi connectivity index (χ0n) is 18.8. The van der Waals surface area contributed by atoms with Crippen LogP contribution in [0.5, 0.6) is 0 Å². The molecule has 1 atom stereocenters. The highest BCUT2D eigenvalue weighted by molar-refractivity contribution is 5.95. The molecule has 0 aliphatic carbocycles. The number of aromatic nitrogens is 4. The van der Waals surface area contributed by atoms with Crippen LogP contribution in [0.15, 0.2) is 42.6 Å². The second kappa shape index (κ2) is 9.13. The van der Waals surface area contributed by atoms with Crippen LogP contribution >= 0.6 is 0 Å². The number of nitrogens with zero attached hydrogens (tertiary/aromatic N) is 5. The first-order valence-corrected chi connectivity index (χ1v) is 11.6. The van der Waals surface area contributed by atoms with Gasteiger partial charge in [-0.15, -0.1) is 0 Å². The predicted octanol–water partition coefficient (Wildman–Crippen LogP) is 3.05. The number of anilines is 1. The maximum Gasteiger partial charge on any atom is 0.271 e. The van der Waals surface area contributed by atoms with Crippen LogP contribution in [0.25, 0.3) is 0 Å². The fraction of sp³-hybridized carbons (Fsp3) is 0.400. The summed E-state index contributed by atoms with van der Waals surface area (Å²) in [5.41, 5.74) is 3.78. The van der Waals surface area contributed by atoms with Gasteiger partial charge in [-0.25, -0.2) is 9.97 Å². The van der Waals surface area contributed by atoms with E-state index in [9.17, 15) is 9.59 Å². The Hall–Kier alpha value is -3.55. The number of carbonyl (C=O) groups is 2. The molecule has 1 unspecified atom stereocenters. The Labute approximate surface area is 193 Å². The molecule has 1 aromatic carbocycles. The first-order chi connectivity index (χ1) is 16.1. The highest BCUT2D eigenvalue weighted by atomic mass is 16.2. The monoisotopic (exact) mass is 444 g/mol. The first-order valence-electron chi connectivity index (χ1n) is 11.6. The number of benzene rings is 1. The Kier molecular flexibility index (Phi) is 5.90. The molecule has 0 spiro atoms. The second-order valence-corrected chi connectivity index (χ2v) is 8.81. The second-order valence-electron chi connectivity index (χ2n) is 8.81. The number of amides is 2. The Morgan fingerprint density at radius 1 is 1.15 bits per heavy atom. The zero-order chi connectivity index (χ0) is 22.8. The highest BCUT2D eigenvalue weighted by Gasteiger charge is 2.33. The van der Waals surface area contributed by atoms with Gasteiger partial charge in [-0.05, 0) is 44.2 Å². The van der Waals surface area contributed by atoms with Crippen LogP contribution < -0.4 is 4.90 Å². The molecule has 2 aliphatic heterocycles. The lowest BCUT2D eigenvalue weighted by molar-refractivity contribution is -0.119. The van der Waals surface area contributed by atoms with Crippen molar-refractivity contribution in [3.05, 3.63) is 70.9 Å². The van der Waals surface area contributed by atoms with Gasteiger partial charge >= 0.3 is 0 Å². The lowest BCUT2D eigenvalue weighted by Gasteiger charge is -2.30. The molecular weight excluding hydrogens is 416 g/mol.